The quantitative estimate of drug-likeness (QED) is 0.281. The number of aryl methyl sites for hydroxylation is 1. The summed E-state index contributed by atoms with van der Waals surface area (Å²) >= 11 is 12.1. The number of nitrogens with zero attached hydrogens (tertiary/aromatic N) is 4. The summed E-state index contributed by atoms with van der Waals surface area (Å²) in [7, 11) is -8.56. The van der Waals surface area contributed by atoms with Gasteiger partial charge in [-0.3, -0.25) is 14.1 Å². The molecule has 0 saturated carbocycles. The summed E-state index contributed by atoms with van der Waals surface area (Å²) in [6.07, 6.45) is 0. The van der Waals surface area contributed by atoms with Crippen molar-refractivity contribution in [2.75, 3.05) is 9.73 Å². The molecule has 4 rings (SSSR count). The normalized spacial score (nSPS) is 16.2. The van der Waals surface area contributed by atoms with Crippen molar-refractivity contribution in [2.24, 2.45) is 15.3 Å². The second-order valence-corrected chi connectivity index (χ2v) is 12.0. The number of carbonyl (C=O) groups excluding carboxylic acids is 1. The van der Waals surface area contributed by atoms with Gasteiger partial charge in [0.25, 0.3) is 26.0 Å². The number of nitrogens with one attached hydrogen (secondary N) is 1. The van der Waals surface area contributed by atoms with E-state index in [1.807, 2.05) is 0 Å². The Kier molecular flexibility index (Phi) is 7.59. The van der Waals surface area contributed by atoms with E-state index in [0.29, 0.717) is 11.3 Å². The molecule has 1 aliphatic heterocycles. The van der Waals surface area contributed by atoms with Crippen LogP contribution in [-0.2, 0) is 24.9 Å². The predicted molar refractivity (Wildman–Crippen MR) is 144 cm³/mol. The maximum Gasteiger partial charge on any atom is 0.296 e. The molecule has 11 nitrogen and oxygen atoms in total. The smallest absolute Gasteiger partial charge is 0.282 e. The molecule has 2 N–H and O–H groups in total. The van der Waals surface area contributed by atoms with E-state index in [1.165, 1.54) is 19.1 Å². The van der Waals surface area contributed by atoms with Crippen LogP contribution in [0.2, 0.25) is 10.0 Å². The molecule has 1 amide bonds. The molecule has 198 valence electrons. The summed E-state index contributed by atoms with van der Waals surface area (Å²) in [4.78, 5) is 12.4. The van der Waals surface area contributed by atoms with Crippen molar-refractivity contribution in [3.8, 4) is 0 Å². The zero-order chi connectivity index (χ0) is 27.8. The van der Waals surface area contributed by atoms with Gasteiger partial charge in [0, 0.05) is 5.69 Å². The molecule has 15 heteroatoms. The zero-order valence-corrected chi connectivity index (χ0v) is 22.8. The van der Waals surface area contributed by atoms with Gasteiger partial charge >= 0.3 is 0 Å². The van der Waals surface area contributed by atoms with Crippen LogP contribution in [0.25, 0.3) is 0 Å². The van der Waals surface area contributed by atoms with Crippen LogP contribution in [0.3, 0.4) is 0 Å². The second-order valence-electron chi connectivity index (χ2n) is 8.14. The maximum atomic E-state index is 13.1. The molecule has 3 aromatic carbocycles. The van der Waals surface area contributed by atoms with Gasteiger partial charge in [0.1, 0.15) is 4.90 Å². The highest BCUT2D eigenvalue weighted by atomic mass is 35.5. The molecule has 0 spiro atoms. The van der Waals surface area contributed by atoms with E-state index in [0.717, 1.165) is 17.1 Å². The van der Waals surface area contributed by atoms with Gasteiger partial charge in [-0.15, -0.1) is 0 Å². The number of hydrogen-bond donors (Lipinski definition) is 2. The van der Waals surface area contributed by atoms with Crippen LogP contribution >= 0.6 is 23.2 Å². The van der Waals surface area contributed by atoms with Crippen LogP contribution in [-0.4, -0.2) is 39.0 Å². The fraction of sp³-hybridized carbons (Fsp3) is 0.130. The van der Waals surface area contributed by atoms with Crippen molar-refractivity contribution in [3.63, 3.8) is 0 Å². The van der Waals surface area contributed by atoms with Gasteiger partial charge in [0.05, 0.1) is 32.0 Å². The maximum absolute atomic E-state index is 13.1. The van der Waals surface area contributed by atoms with Crippen molar-refractivity contribution in [2.45, 2.75) is 29.7 Å². The highest BCUT2D eigenvalue weighted by Gasteiger charge is 2.36. The van der Waals surface area contributed by atoms with E-state index in [4.69, 9.17) is 23.2 Å². The fourth-order valence-electron chi connectivity index (χ4n) is 3.44. The standard InChI is InChI=1S/C23H19Cl2N5O6S2/c1-13-8-9-16(37(32,33)29-15-6-4-3-5-7-15)10-19(13)26-27-22-14(2)28-30(23(22)31)20-11-18(25)21(12-17(20)24)38(34,35)36/h3-12,22,29H,1-2H3,(H,34,35,36). The molecule has 0 aromatic heterocycles. The molecule has 0 aliphatic carbocycles. The van der Waals surface area contributed by atoms with E-state index in [1.54, 1.807) is 43.3 Å². The first-order valence-electron chi connectivity index (χ1n) is 10.7. The molecule has 1 atom stereocenters. The molecule has 0 fully saturated rings. The van der Waals surface area contributed by atoms with Crippen LogP contribution in [0.5, 0.6) is 0 Å². The first kappa shape index (κ1) is 27.7. The number of carbonyl (C=O) groups is 1. The third-order valence-electron chi connectivity index (χ3n) is 5.40. The minimum absolute atomic E-state index is 0.0256. The van der Waals surface area contributed by atoms with Crippen molar-refractivity contribution < 1.29 is 26.2 Å². The lowest BCUT2D eigenvalue weighted by molar-refractivity contribution is -0.117. The van der Waals surface area contributed by atoms with Gasteiger partial charge in [-0.05, 0) is 55.8 Å². The number of hydrazone groups is 1. The van der Waals surface area contributed by atoms with Gasteiger partial charge in [-0.25, -0.2) is 8.42 Å². The Morgan fingerprint density at radius 2 is 1.66 bits per heavy atom. The summed E-state index contributed by atoms with van der Waals surface area (Å²) < 4.78 is 60.4. The lowest BCUT2D eigenvalue weighted by atomic mass is 10.2. The molecule has 38 heavy (non-hydrogen) atoms. The molecular formula is C23H19Cl2N5O6S2. The average Bonchev–Trinajstić information content (AvgIpc) is 3.12. The lowest BCUT2D eigenvalue weighted by Gasteiger charge is -2.15. The molecule has 1 heterocycles. The Morgan fingerprint density at radius 3 is 2.32 bits per heavy atom. The summed E-state index contributed by atoms with van der Waals surface area (Å²) in [6.45, 7) is 3.23. The summed E-state index contributed by atoms with van der Waals surface area (Å²) in [6, 6.07) is 13.5. The fourth-order valence-corrected chi connectivity index (χ4v) is 5.85. The highest BCUT2D eigenvalue weighted by molar-refractivity contribution is 7.92. The van der Waals surface area contributed by atoms with Crippen LogP contribution in [0.1, 0.15) is 12.5 Å². The van der Waals surface area contributed by atoms with Gasteiger partial charge in [0.2, 0.25) is 0 Å². The van der Waals surface area contributed by atoms with Crippen LogP contribution in [0.4, 0.5) is 17.1 Å². The Labute approximate surface area is 228 Å². The van der Waals surface area contributed by atoms with Gasteiger partial charge < -0.3 is 0 Å². The van der Waals surface area contributed by atoms with Crippen molar-refractivity contribution in [1.82, 2.24) is 0 Å². The third kappa shape index (κ3) is 5.71. The monoisotopic (exact) mass is 595 g/mol. The minimum atomic E-state index is -4.64. The highest BCUT2D eigenvalue weighted by Crippen LogP contribution is 2.36. The third-order valence-corrected chi connectivity index (χ3v) is 8.40. The summed E-state index contributed by atoms with van der Waals surface area (Å²) in [5, 5.41) is 12.7. The second kappa shape index (κ2) is 10.4. The van der Waals surface area contributed by atoms with E-state index < -0.39 is 37.0 Å². The number of hydrogen-bond acceptors (Lipinski definition) is 8. The number of azo groups is 1. The first-order valence-corrected chi connectivity index (χ1v) is 14.4. The molecule has 0 bridgehead atoms. The number of halogens is 2. The van der Waals surface area contributed by atoms with Gasteiger partial charge in [0.15, 0.2) is 6.04 Å². The summed E-state index contributed by atoms with van der Waals surface area (Å²) in [5.41, 5.74) is 1.45. The van der Waals surface area contributed by atoms with E-state index in [2.05, 4.69) is 20.1 Å². The van der Waals surface area contributed by atoms with Gasteiger partial charge in [-0.1, -0.05) is 47.5 Å². The van der Waals surface area contributed by atoms with Gasteiger partial charge in [-0.2, -0.15) is 28.8 Å². The Hall–Kier alpha value is -3.36. The van der Waals surface area contributed by atoms with Crippen LogP contribution in [0, 0.1) is 6.92 Å². The lowest BCUT2D eigenvalue weighted by Crippen LogP contribution is -2.30. The first-order chi connectivity index (χ1) is 17.8. The molecule has 1 unspecified atom stereocenters. The van der Waals surface area contributed by atoms with E-state index in [-0.39, 0.29) is 32.0 Å². The summed E-state index contributed by atoms with van der Waals surface area (Å²) in [5.74, 6) is -0.656. The number of rotatable bonds is 7. The van der Waals surface area contributed by atoms with Crippen LogP contribution in [0.15, 0.2) is 85.8 Å². The minimum Gasteiger partial charge on any atom is -0.282 e. The predicted octanol–water partition coefficient (Wildman–Crippen LogP) is 5.22. The molecule has 0 saturated heterocycles. The number of benzene rings is 3. The Morgan fingerprint density at radius 1 is 0.974 bits per heavy atom. The molecule has 1 aliphatic rings. The van der Waals surface area contributed by atoms with Crippen LogP contribution < -0.4 is 9.73 Å². The number of anilines is 2. The van der Waals surface area contributed by atoms with E-state index in [9.17, 15) is 26.2 Å². The van der Waals surface area contributed by atoms with Crippen molar-refractivity contribution in [3.05, 3.63) is 76.3 Å². The largest absolute Gasteiger partial charge is 0.296 e. The topological polar surface area (TPSA) is 158 Å². The number of sulfonamides is 1. The number of amides is 1. The SMILES string of the molecule is CC1=NN(c2cc(Cl)c(S(=O)(=O)O)cc2Cl)C(=O)C1N=Nc1cc(S(=O)(=O)Nc2ccccc2)ccc1C. The molecule has 3 aromatic rings. The average molecular weight is 596 g/mol. The van der Waals surface area contributed by atoms with E-state index >= 15 is 0 Å². The molecule has 0 radical (unpaired) electrons. The van der Waals surface area contributed by atoms with Crippen molar-refractivity contribution >= 4 is 72.0 Å². The number of para-hydroxylation sites is 1. The van der Waals surface area contributed by atoms with Crippen molar-refractivity contribution in [1.29, 1.82) is 0 Å². The Bertz CT molecular complexity index is 1710. The molecular weight excluding hydrogens is 577 g/mol. The zero-order valence-electron chi connectivity index (χ0n) is 19.7. The Balaban J connectivity index is 1.60.